The maximum absolute atomic E-state index is 13.6. The largest absolute Gasteiger partial charge is 0.384 e. The summed E-state index contributed by atoms with van der Waals surface area (Å²) in [6.45, 7) is 3.42. The fourth-order valence-corrected chi connectivity index (χ4v) is 3.08. The van der Waals surface area contributed by atoms with Crippen molar-refractivity contribution in [2.24, 2.45) is 17.3 Å². The lowest BCUT2D eigenvalue weighted by molar-refractivity contribution is -0.125. The fourth-order valence-electron chi connectivity index (χ4n) is 3.08. The molecule has 2 amide bonds. The Bertz CT molecular complexity index is 690. The second-order valence-corrected chi connectivity index (χ2v) is 5.91. The number of aliphatic hydroxyl groups is 1. The van der Waals surface area contributed by atoms with Crippen LogP contribution in [0.3, 0.4) is 0 Å². The minimum absolute atomic E-state index is 0.0574. The van der Waals surface area contributed by atoms with Gasteiger partial charge in [-0.3, -0.25) is 9.59 Å². The molecule has 0 radical (unpaired) electrons. The molecule has 0 spiro atoms. The molecule has 0 aromatic heterocycles. The topological polar surface area (TPSA) is 57.6 Å². The zero-order chi connectivity index (χ0) is 15.4. The molecule has 1 N–H and O–H groups in total. The number of nitrogens with zero attached hydrogens (tertiary/aromatic N) is 1. The van der Waals surface area contributed by atoms with E-state index in [2.05, 4.69) is 11.8 Å². The summed E-state index contributed by atoms with van der Waals surface area (Å²) < 4.78 is 13.6. The van der Waals surface area contributed by atoms with Crippen LogP contribution in [0.4, 0.5) is 10.1 Å². The average Bonchev–Trinajstić information content (AvgIpc) is 2.89. The van der Waals surface area contributed by atoms with Gasteiger partial charge in [0.15, 0.2) is 0 Å². The number of benzene rings is 1. The van der Waals surface area contributed by atoms with Crippen molar-refractivity contribution in [1.82, 2.24) is 0 Å². The molecule has 1 aromatic rings. The van der Waals surface area contributed by atoms with Crippen LogP contribution in [0.15, 0.2) is 18.2 Å². The van der Waals surface area contributed by atoms with Gasteiger partial charge in [0.2, 0.25) is 11.8 Å². The van der Waals surface area contributed by atoms with Crippen LogP contribution in [0, 0.1) is 34.9 Å². The summed E-state index contributed by atoms with van der Waals surface area (Å²) in [7, 11) is 0. The molecule has 1 aromatic carbocycles. The first-order chi connectivity index (χ1) is 9.89. The van der Waals surface area contributed by atoms with Crippen molar-refractivity contribution in [1.29, 1.82) is 0 Å². The van der Waals surface area contributed by atoms with E-state index in [1.807, 2.05) is 13.8 Å². The highest BCUT2D eigenvalue weighted by atomic mass is 19.1. The second kappa shape index (κ2) is 4.40. The van der Waals surface area contributed by atoms with E-state index in [1.54, 1.807) is 0 Å². The summed E-state index contributed by atoms with van der Waals surface area (Å²) in [6, 6.07) is 3.94. The van der Waals surface area contributed by atoms with Gasteiger partial charge in [0.25, 0.3) is 0 Å². The monoisotopic (exact) mass is 287 g/mol. The molecule has 0 bridgehead atoms. The number of hydrogen-bond acceptors (Lipinski definition) is 3. The van der Waals surface area contributed by atoms with Crippen molar-refractivity contribution < 1.29 is 19.1 Å². The summed E-state index contributed by atoms with van der Waals surface area (Å²) in [5.74, 6) is 3.25. The summed E-state index contributed by atoms with van der Waals surface area (Å²) in [5.41, 5.74) is 0.114. The molecule has 21 heavy (non-hydrogen) atoms. The first kappa shape index (κ1) is 13.8. The van der Waals surface area contributed by atoms with Gasteiger partial charge in [0, 0.05) is 0 Å². The van der Waals surface area contributed by atoms with Crippen LogP contribution in [-0.2, 0) is 9.59 Å². The Balaban J connectivity index is 1.96. The summed E-state index contributed by atoms with van der Waals surface area (Å²) in [5, 5.41) is 8.67. The van der Waals surface area contributed by atoms with Crippen LogP contribution >= 0.6 is 0 Å². The fraction of sp³-hybridized carbons (Fsp3) is 0.375. The molecule has 4 nitrogen and oxygen atoms in total. The van der Waals surface area contributed by atoms with Gasteiger partial charge >= 0.3 is 0 Å². The van der Waals surface area contributed by atoms with E-state index in [4.69, 9.17) is 5.11 Å². The number of rotatable bonds is 1. The van der Waals surface area contributed by atoms with Crippen molar-refractivity contribution in [2.45, 2.75) is 13.8 Å². The third-order valence-corrected chi connectivity index (χ3v) is 4.31. The number of hydrogen-bond donors (Lipinski definition) is 1. The van der Waals surface area contributed by atoms with Gasteiger partial charge in [-0.1, -0.05) is 25.7 Å². The number of carbonyl (C=O) groups excluding carboxylic acids is 2. The molecule has 1 saturated carbocycles. The Labute approximate surface area is 121 Å². The Kier molecular flexibility index (Phi) is 2.89. The van der Waals surface area contributed by atoms with E-state index in [9.17, 15) is 14.0 Å². The van der Waals surface area contributed by atoms with E-state index in [0.717, 1.165) is 4.90 Å². The normalized spacial score (nSPS) is 25.4. The Morgan fingerprint density at radius 3 is 2.48 bits per heavy atom. The predicted octanol–water partition coefficient (Wildman–Crippen LogP) is 1.31. The molecule has 3 rings (SSSR count). The molecular formula is C16H14FNO3. The van der Waals surface area contributed by atoms with E-state index in [-0.39, 0.29) is 41.2 Å². The van der Waals surface area contributed by atoms with Crippen molar-refractivity contribution >= 4 is 17.5 Å². The smallest absolute Gasteiger partial charge is 0.238 e. The van der Waals surface area contributed by atoms with E-state index < -0.39 is 5.82 Å². The summed E-state index contributed by atoms with van der Waals surface area (Å²) >= 11 is 0. The molecule has 2 aliphatic rings. The van der Waals surface area contributed by atoms with Gasteiger partial charge in [-0.25, -0.2) is 9.29 Å². The number of imide groups is 1. The van der Waals surface area contributed by atoms with Crippen molar-refractivity contribution in [3.05, 3.63) is 29.6 Å². The van der Waals surface area contributed by atoms with E-state index in [1.165, 1.54) is 18.2 Å². The minimum atomic E-state index is -0.552. The van der Waals surface area contributed by atoms with E-state index >= 15 is 0 Å². The Hall–Kier alpha value is -2.19. The van der Waals surface area contributed by atoms with Crippen LogP contribution in [0.5, 0.6) is 0 Å². The molecular weight excluding hydrogens is 273 g/mol. The van der Waals surface area contributed by atoms with Crippen LogP contribution in [0.2, 0.25) is 0 Å². The molecule has 108 valence electrons. The van der Waals surface area contributed by atoms with Crippen molar-refractivity contribution in [3.63, 3.8) is 0 Å². The van der Waals surface area contributed by atoms with Gasteiger partial charge in [-0.2, -0.15) is 0 Å². The number of piperidine rings is 1. The second-order valence-electron chi connectivity index (χ2n) is 5.91. The van der Waals surface area contributed by atoms with Crippen molar-refractivity contribution in [2.75, 3.05) is 11.5 Å². The number of halogens is 1. The Morgan fingerprint density at radius 1 is 1.29 bits per heavy atom. The quantitative estimate of drug-likeness (QED) is 0.626. The van der Waals surface area contributed by atoms with E-state index in [0.29, 0.717) is 5.69 Å². The predicted molar refractivity (Wildman–Crippen MR) is 73.6 cm³/mol. The first-order valence-electron chi connectivity index (χ1n) is 6.66. The zero-order valence-corrected chi connectivity index (χ0v) is 11.7. The lowest BCUT2D eigenvalue weighted by atomic mass is 10.0. The molecule has 2 atom stereocenters. The number of aliphatic hydroxyl groups excluding tert-OH is 1. The molecule has 5 heteroatoms. The van der Waals surface area contributed by atoms with Crippen LogP contribution in [0.1, 0.15) is 19.4 Å². The standard InChI is InChI=1S/C16H14FNO3/c1-16(2)12-13(16)15(21)18(14(12)20)10-5-6-11(17)9(8-10)4-3-7-19/h5-6,8,12-13,19H,7H2,1-2H3. The molecule has 1 aliphatic heterocycles. The maximum Gasteiger partial charge on any atom is 0.238 e. The van der Waals surface area contributed by atoms with Crippen LogP contribution < -0.4 is 4.90 Å². The third-order valence-electron chi connectivity index (χ3n) is 4.31. The van der Waals surface area contributed by atoms with Crippen molar-refractivity contribution in [3.8, 4) is 11.8 Å². The number of carbonyl (C=O) groups is 2. The van der Waals surface area contributed by atoms with Gasteiger partial charge in [-0.05, 0) is 23.6 Å². The van der Waals surface area contributed by atoms with Gasteiger partial charge in [0.05, 0.1) is 23.1 Å². The zero-order valence-electron chi connectivity index (χ0n) is 11.7. The lowest BCUT2D eigenvalue weighted by Crippen LogP contribution is -2.36. The highest BCUT2D eigenvalue weighted by Crippen LogP contribution is 2.63. The molecule has 1 aliphatic carbocycles. The van der Waals surface area contributed by atoms with Gasteiger partial charge in [-0.15, -0.1) is 0 Å². The number of amides is 2. The average molecular weight is 287 g/mol. The third kappa shape index (κ3) is 1.87. The highest BCUT2D eigenvalue weighted by Gasteiger charge is 2.72. The van der Waals surface area contributed by atoms with Gasteiger partial charge in [0.1, 0.15) is 12.4 Å². The van der Waals surface area contributed by atoms with Gasteiger partial charge < -0.3 is 5.11 Å². The molecule has 2 unspecified atom stereocenters. The molecule has 2 fully saturated rings. The van der Waals surface area contributed by atoms with Crippen LogP contribution in [0.25, 0.3) is 0 Å². The molecule has 1 saturated heterocycles. The Morgan fingerprint density at radius 2 is 1.90 bits per heavy atom. The number of fused-ring (bicyclic) bond motifs is 1. The SMILES string of the molecule is CC1(C)C2C(=O)N(c3ccc(F)c(C#CCO)c3)C(=O)C21. The summed E-state index contributed by atoms with van der Waals surface area (Å²) in [4.78, 5) is 25.8. The lowest BCUT2D eigenvalue weighted by Gasteiger charge is -2.20. The van der Waals surface area contributed by atoms with Crippen LogP contribution in [-0.4, -0.2) is 23.5 Å². The first-order valence-corrected chi connectivity index (χ1v) is 6.66. The minimum Gasteiger partial charge on any atom is -0.384 e. The molecule has 1 heterocycles. The number of anilines is 1. The maximum atomic E-state index is 13.6. The summed E-state index contributed by atoms with van der Waals surface area (Å²) in [6.07, 6.45) is 0. The highest BCUT2D eigenvalue weighted by molar-refractivity contribution is 6.25.